The van der Waals surface area contributed by atoms with Crippen molar-refractivity contribution in [2.45, 2.75) is 65.0 Å². The molecule has 2 N–H and O–H groups in total. The fourth-order valence-corrected chi connectivity index (χ4v) is 4.28. The van der Waals surface area contributed by atoms with E-state index < -0.39 is 0 Å². The first-order chi connectivity index (χ1) is 9.08. The van der Waals surface area contributed by atoms with Gasteiger partial charge in [-0.15, -0.1) is 0 Å². The predicted molar refractivity (Wildman–Crippen MR) is 80.3 cm³/mol. The van der Waals surface area contributed by atoms with Crippen LogP contribution in [-0.4, -0.2) is 48.3 Å². The average molecular weight is 268 g/mol. The molecule has 112 valence electrons. The van der Waals surface area contributed by atoms with Gasteiger partial charge in [0.05, 0.1) is 6.61 Å². The number of hydrogen-bond donors (Lipinski definition) is 2. The number of hydrogen-bond acceptors (Lipinski definition) is 3. The summed E-state index contributed by atoms with van der Waals surface area (Å²) in [6, 6.07) is 1.05. The lowest BCUT2D eigenvalue weighted by atomic mass is 9.67. The number of rotatable bonds is 5. The Labute approximate surface area is 118 Å². The predicted octanol–water partition coefficient (Wildman–Crippen LogP) is 2.25. The second-order valence-electron chi connectivity index (χ2n) is 7.15. The zero-order valence-electron chi connectivity index (χ0n) is 13.0. The summed E-state index contributed by atoms with van der Waals surface area (Å²) in [4.78, 5) is 2.54. The number of aliphatic hydroxyl groups is 1. The Kier molecular flexibility index (Phi) is 5.27. The van der Waals surface area contributed by atoms with Crippen LogP contribution >= 0.6 is 0 Å². The maximum Gasteiger partial charge on any atom is 0.0586 e. The highest BCUT2D eigenvalue weighted by Crippen LogP contribution is 2.39. The molecule has 1 saturated carbocycles. The second-order valence-corrected chi connectivity index (χ2v) is 7.15. The van der Waals surface area contributed by atoms with E-state index in [-0.39, 0.29) is 0 Å². The van der Waals surface area contributed by atoms with Crippen LogP contribution in [0.5, 0.6) is 0 Å². The highest BCUT2D eigenvalue weighted by Gasteiger charge is 2.40. The summed E-state index contributed by atoms with van der Waals surface area (Å²) in [7, 11) is 0. The van der Waals surface area contributed by atoms with Gasteiger partial charge in [0.15, 0.2) is 0 Å². The molecule has 2 aliphatic rings. The van der Waals surface area contributed by atoms with Crippen molar-refractivity contribution < 1.29 is 5.11 Å². The lowest BCUT2D eigenvalue weighted by Crippen LogP contribution is -2.53. The first-order valence-corrected chi connectivity index (χ1v) is 8.16. The van der Waals surface area contributed by atoms with Crippen LogP contribution in [0.1, 0.15) is 52.9 Å². The van der Waals surface area contributed by atoms with Gasteiger partial charge >= 0.3 is 0 Å². The SMILES string of the molecule is CCNC1C(CN2CCCC2CO)CCCC1(C)C. The molecule has 3 unspecified atom stereocenters. The number of nitrogens with one attached hydrogen (secondary N) is 1. The van der Waals surface area contributed by atoms with E-state index in [4.69, 9.17) is 0 Å². The molecule has 0 bridgehead atoms. The lowest BCUT2D eigenvalue weighted by molar-refractivity contribution is 0.0655. The molecular weight excluding hydrogens is 236 g/mol. The molecule has 3 heteroatoms. The van der Waals surface area contributed by atoms with Crippen LogP contribution in [0.25, 0.3) is 0 Å². The van der Waals surface area contributed by atoms with Crippen LogP contribution in [0.15, 0.2) is 0 Å². The normalized spacial score (nSPS) is 35.7. The minimum absolute atomic E-state index is 0.335. The summed E-state index contributed by atoms with van der Waals surface area (Å²) in [6.07, 6.45) is 6.48. The van der Waals surface area contributed by atoms with Gasteiger partial charge < -0.3 is 10.4 Å². The topological polar surface area (TPSA) is 35.5 Å². The van der Waals surface area contributed by atoms with Crippen molar-refractivity contribution >= 4 is 0 Å². The Bertz CT molecular complexity index is 280. The maximum atomic E-state index is 9.48. The van der Waals surface area contributed by atoms with E-state index in [0.717, 1.165) is 12.5 Å². The molecule has 0 spiro atoms. The molecule has 2 fully saturated rings. The standard InChI is InChI=1S/C16H32N2O/c1-4-17-15-13(7-5-9-16(15,2)3)11-18-10-6-8-14(18)12-19/h13-15,17,19H,4-12H2,1-3H3. The minimum atomic E-state index is 0.335. The van der Waals surface area contributed by atoms with Crippen LogP contribution in [0.4, 0.5) is 0 Å². The number of aliphatic hydroxyl groups excluding tert-OH is 1. The molecular formula is C16H32N2O. The van der Waals surface area contributed by atoms with E-state index in [9.17, 15) is 5.11 Å². The monoisotopic (exact) mass is 268 g/mol. The Balaban J connectivity index is 2.00. The molecule has 1 aliphatic carbocycles. The second kappa shape index (κ2) is 6.55. The summed E-state index contributed by atoms with van der Waals surface area (Å²) in [5, 5.41) is 13.2. The van der Waals surface area contributed by atoms with E-state index in [1.54, 1.807) is 0 Å². The lowest BCUT2D eigenvalue weighted by Gasteiger charge is -2.46. The number of nitrogens with zero attached hydrogens (tertiary/aromatic N) is 1. The van der Waals surface area contributed by atoms with Gasteiger partial charge in [-0.3, -0.25) is 4.90 Å². The van der Waals surface area contributed by atoms with Crippen molar-refractivity contribution in [3.8, 4) is 0 Å². The summed E-state index contributed by atoms with van der Waals surface area (Å²) < 4.78 is 0. The van der Waals surface area contributed by atoms with Gasteiger partial charge in [-0.1, -0.05) is 27.2 Å². The molecule has 3 atom stereocenters. The molecule has 3 nitrogen and oxygen atoms in total. The van der Waals surface area contributed by atoms with Crippen LogP contribution in [0.3, 0.4) is 0 Å². The van der Waals surface area contributed by atoms with Crippen molar-refractivity contribution in [3.63, 3.8) is 0 Å². The van der Waals surface area contributed by atoms with Gasteiger partial charge in [-0.05, 0) is 50.1 Å². The van der Waals surface area contributed by atoms with Crippen LogP contribution in [0, 0.1) is 11.3 Å². The van der Waals surface area contributed by atoms with Crippen molar-refractivity contribution in [2.24, 2.45) is 11.3 Å². The Morgan fingerprint density at radius 2 is 2.05 bits per heavy atom. The summed E-state index contributed by atoms with van der Waals surface area (Å²) in [5.74, 6) is 0.746. The van der Waals surface area contributed by atoms with Gasteiger partial charge in [0.25, 0.3) is 0 Å². The zero-order chi connectivity index (χ0) is 13.9. The highest BCUT2D eigenvalue weighted by atomic mass is 16.3. The van der Waals surface area contributed by atoms with E-state index in [2.05, 4.69) is 31.0 Å². The van der Waals surface area contributed by atoms with Gasteiger partial charge in [-0.2, -0.15) is 0 Å². The van der Waals surface area contributed by atoms with Gasteiger partial charge in [0.2, 0.25) is 0 Å². The first kappa shape index (κ1) is 15.3. The quantitative estimate of drug-likeness (QED) is 0.803. The molecule has 0 amide bonds. The molecule has 2 rings (SSSR count). The van der Waals surface area contributed by atoms with Gasteiger partial charge in [0.1, 0.15) is 0 Å². The maximum absolute atomic E-state index is 9.48. The van der Waals surface area contributed by atoms with Gasteiger partial charge in [0, 0.05) is 18.6 Å². The largest absolute Gasteiger partial charge is 0.395 e. The van der Waals surface area contributed by atoms with E-state index in [1.807, 2.05) is 0 Å². The van der Waals surface area contributed by atoms with Crippen molar-refractivity contribution in [3.05, 3.63) is 0 Å². The Hall–Kier alpha value is -0.120. The molecule has 1 heterocycles. The van der Waals surface area contributed by atoms with E-state index in [1.165, 1.54) is 45.2 Å². The van der Waals surface area contributed by atoms with E-state index >= 15 is 0 Å². The van der Waals surface area contributed by atoms with Crippen LogP contribution < -0.4 is 5.32 Å². The summed E-state index contributed by atoms with van der Waals surface area (Å²) >= 11 is 0. The van der Waals surface area contributed by atoms with Crippen molar-refractivity contribution in [1.29, 1.82) is 0 Å². The zero-order valence-corrected chi connectivity index (χ0v) is 13.0. The minimum Gasteiger partial charge on any atom is -0.395 e. The fourth-order valence-electron chi connectivity index (χ4n) is 4.28. The summed E-state index contributed by atoms with van der Waals surface area (Å²) in [5.41, 5.74) is 0.410. The smallest absolute Gasteiger partial charge is 0.0586 e. The molecule has 1 aliphatic heterocycles. The molecule has 0 aromatic heterocycles. The van der Waals surface area contributed by atoms with Crippen molar-refractivity contribution in [2.75, 3.05) is 26.2 Å². The van der Waals surface area contributed by atoms with Gasteiger partial charge in [-0.25, -0.2) is 0 Å². The summed E-state index contributed by atoms with van der Waals surface area (Å²) in [6.45, 7) is 10.8. The van der Waals surface area contributed by atoms with Crippen LogP contribution in [0.2, 0.25) is 0 Å². The third-order valence-corrected chi connectivity index (χ3v) is 5.31. The van der Waals surface area contributed by atoms with E-state index in [0.29, 0.717) is 24.1 Å². The third kappa shape index (κ3) is 3.50. The average Bonchev–Trinajstić information content (AvgIpc) is 2.80. The highest BCUT2D eigenvalue weighted by molar-refractivity contribution is 4.95. The third-order valence-electron chi connectivity index (χ3n) is 5.31. The molecule has 0 radical (unpaired) electrons. The molecule has 0 aromatic carbocycles. The number of likely N-dealkylation sites (tertiary alicyclic amines) is 1. The first-order valence-electron chi connectivity index (χ1n) is 8.16. The molecule has 19 heavy (non-hydrogen) atoms. The van der Waals surface area contributed by atoms with Crippen molar-refractivity contribution in [1.82, 2.24) is 10.2 Å². The molecule has 0 aromatic rings. The fraction of sp³-hybridized carbons (Fsp3) is 1.00. The molecule has 1 saturated heterocycles. The van der Waals surface area contributed by atoms with Crippen LogP contribution in [-0.2, 0) is 0 Å². The Morgan fingerprint density at radius 1 is 1.26 bits per heavy atom. The Morgan fingerprint density at radius 3 is 2.74 bits per heavy atom.